The number of aryl methyl sites for hydroxylation is 4. The Bertz CT molecular complexity index is 935. The number of aromatic nitrogens is 3. The van der Waals surface area contributed by atoms with Crippen molar-refractivity contribution >= 4 is 11.6 Å². The first kappa shape index (κ1) is 16.9. The second-order valence-corrected chi connectivity index (χ2v) is 7.97. The molecule has 0 saturated heterocycles. The maximum atomic E-state index is 6.27. The molecule has 2 aliphatic carbocycles. The largest absolute Gasteiger partial charge is 0.226 e. The highest BCUT2D eigenvalue weighted by molar-refractivity contribution is 6.28. The predicted molar refractivity (Wildman–Crippen MR) is 109 cm³/mol. The van der Waals surface area contributed by atoms with Crippen LogP contribution in [0.15, 0.2) is 36.4 Å². The fourth-order valence-electron chi connectivity index (χ4n) is 4.35. The summed E-state index contributed by atoms with van der Waals surface area (Å²) in [4.78, 5) is 13.6. The summed E-state index contributed by atoms with van der Waals surface area (Å²) < 4.78 is 0. The molecule has 5 rings (SSSR count). The fourth-order valence-corrected chi connectivity index (χ4v) is 4.51. The van der Waals surface area contributed by atoms with Crippen molar-refractivity contribution in [2.24, 2.45) is 0 Å². The van der Waals surface area contributed by atoms with Crippen LogP contribution < -0.4 is 0 Å². The Morgan fingerprint density at radius 3 is 1.48 bits per heavy atom. The van der Waals surface area contributed by atoms with Crippen molar-refractivity contribution in [1.29, 1.82) is 0 Å². The lowest BCUT2D eigenvalue weighted by Crippen LogP contribution is -2.04. The molecule has 0 saturated carbocycles. The summed E-state index contributed by atoms with van der Waals surface area (Å²) in [7, 11) is 0. The molecule has 4 heteroatoms. The van der Waals surface area contributed by atoms with Crippen molar-refractivity contribution in [3.05, 3.63) is 63.9 Å². The second kappa shape index (κ2) is 7.05. The van der Waals surface area contributed by atoms with Crippen LogP contribution >= 0.6 is 11.6 Å². The molecule has 136 valence electrons. The second-order valence-electron chi connectivity index (χ2n) is 7.63. The van der Waals surface area contributed by atoms with Crippen molar-refractivity contribution in [3.8, 4) is 22.8 Å². The zero-order valence-electron chi connectivity index (χ0n) is 15.3. The molecule has 0 aliphatic heterocycles. The number of rotatable bonds is 2. The molecule has 3 nitrogen and oxygen atoms in total. The fraction of sp³-hybridized carbons (Fsp3) is 0.348. The van der Waals surface area contributed by atoms with Gasteiger partial charge in [-0.05, 0) is 97.4 Å². The molecule has 2 aliphatic rings. The number of fused-ring (bicyclic) bond motifs is 2. The van der Waals surface area contributed by atoms with E-state index in [9.17, 15) is 0 Å². The molecule has 0 N–H and O–H groups in total. The van der Waals surface area contributed by atoms with Crippen LogP contribution in [0.4, 0.5) is 0 Å². The lowest BCUT2D eigenvalue weighted by Gasteiger charge is -2.17. The average Bonchev–Trinajstić information content (AvgIpc) is 2.72. The summed E-state index contributed by atoms with van der Waals surface area (Å²) in [6, 6.07) is 13.1. The van der Waals surface area contributed by atoms with E-state index in [1.165, 1.54) is 60.8 Å². The first-order valence-corrected chi connectivity index (χ1v) is 10.3. The summed E-state index contributed by atoms with van der Waals surface area (Å²) >= 11 is 6.27. The highest BCUT2D eigenvalue weighted by atomic mass is 35.5. The lowest BCUT2D eigenvalue weighted by molar-refractivity contribution is 0.685. The lowest BCUT2D eigenvalue weighted by atomic mass is 9.90. The summed E-state index contributed by atoms with van der Waals surface area (Å²) in [6.07, 6.45) is 9.71. The first-order valence-electron chi connectivity index (χ1n) is 9.92. The Morgan fingerprint density at radius 2 is 1.00 bits per heavy atom. The Morgan fingerprint density at radius 1 is 0.556 bits per heavy atom. The van der Waals surface area contributed by atoms with E-state index in [4.69, 9.17) is 16.6 Å². The van der Waals surface area contributed by atoms with Crippen molar-refractivity contribution in [2.75, 3.05) is 0 Å². The van der Waals surface area contributed by atoms with Gasteiger partial charge in [-0.15, -0.1) is 0 Å². The van der Waals surface area contributed by atoms with Crippen LogP contribution in [0, 0.1) is 0 Å². The zero-order chi connectivity index (χ0) is 18.2. The molecule has 0 amide bonds. The summed E-state index contributed by atoms with van der Waals surface area (Å²) in [5.74, 6) is 1.33. The van der Waals surface area contributed by atoms with E-state index in [1.807, 2.05) is 0 Å². The SMILES string of the molecule is Clc1nc(-c2ccc3c(c2)CCCC3)nc(-c2ccc3c(c2)CCCC3)n1. The summed E-state index contributed by atoms with van der Waals surface area (Å²) in [5.41, 5.74) is 7.81. The topological polar surface area (TPSA) is 38.7 Å². The van der Waals surface area contributed by atoms with Crippen LogP contribution in [0.2, 0.25) is 5.28 Å². The molecule has 0 spiro atoms. The third-order valence-electron chi connectivity index (χ3n) is 5.82. The molecule has 0 atom stereocenters. The predicted octanol–water partition coefficient (Wildman–Crippen LogP) is 5.62. The zero-order valence-corrected chi connectivity index (χ0v) is 16.1. The minimum atomic E-state index is 0.255. The maximum Gasteiger partial charge on any atom is 0.226 e. The van der Waals surface area contributed by atoms with Gasteiger partial charge < -0.3 is 0 Å². The summed E-state index contributed by atoms with van der Waals surface area (Å²) in [5, 5.41) is 0.255. The van der Waals surface area contributed by atoms with Gasteiger partial charge in [-0.1, -0.05) is 24.3 Å². The Balaban J connectivity index is 1.55. The van der Waals surface area contributed by atoms with Gasteiger partial charge in [-0.25, -0.2) is 4.98 Å². The summed E-state index contributed by atoms with van der Waals surface area (Å²) in [6.45, 7) is 0. The van der Waals surface area contributed by atoms with Crippen molar-refractivity contribution in [2.45, 2.75) is 51.4 Å². The Hall–Kier alpha value is -2.26. The van der Waals surface area contributed by atoms with Gasteiger partial charge in [-0.3, -0.25) is 0 Å². The number of nitrogens with zero attached hydrogens (tertiary/aromatic N) is 3. The molecule has 1 heterocycles. The highest BCUT2D eigenvalue weighted by Gasteiger charge is 2.15. The van der Waals surface area contributed by atoms with Crippen LogP contribution in [0.3, 0.4) is 0 Å². The minimum Gasteiger partial charge on any atom is -0.208 e. The Kier molecular flexibility index (Phi) is 4.41. The third kappa shape index (κ3) is 3.37. The van der Waals surface area contributed by atoms with Crippen molar-refractivity contribution in [3.63, 3.8) is 0 Å². The van der Waals surface area contributed by atoms with Gasteiger partial charge in [-0.2, -0.15) is 9.97 Å². The normalized spacial score (nSPS) is 15.9. The van der Waals surface area contributed by atoms with Crippen molar-refractivity contribution in [1.82, 2.24) is 15.0 Å². The van der Waals surface area contributed by atoms with E-state index in [-0.39, 0.29) is 5.28 Å². The van der Waals surface area contributed by atoms with Crippen LogP contribution in [-0.2, 0) is 25.7 Å². The number of benzene rings is 2. The van der Waals surface area contributed by atoms with Crippen LogP contribution in [0.1, 0.15) is 47.9 Å². The maximum absolute atomic E-state index is 6.27. The molecule has 1 aromatic heterocycles. The van der Waals surface area contributed by atoms with Gasteiger partial charge in [0, 0.05) is 11.1 Å². The number of hydrogen-bond donors (Lipinski definition) is 0. The molecule has 27 heavy (non-hydrogen) atoms. The van der Waals surface area contributed by atoms with E-state index < -0.39 is 0 Å². The molecule has 0 bridgehead atoms. The average molecular weight is 376 g/mol. The van der Waals surface area contributed by atoms with E-state index in [0.29, 0.717) is 11.6 Å². The van der Waals surface area contributed by atoms with Gasteiger partial charge >= 0.3 is 0 Å². The van der Waals surface area contributed by atoms with Gasteiger partial charge in [0.05, 0.1) is 0 Å². The van der Waals surface area contributed by atoms with Gasteiger partial charge in [0.15, 0.2) is 11.6 Å². The van der Waals surface area contributed by atoms with Gasteiger partial charge in [0.2, 0.25) is 5.28 Å². The van der Waals surface area contributed by atoms with Crippen LogP contribution in [0.25, 0.3) is 22.8 Å². The first-order chi connectivity index (χ1) is 13.3. The van der Waals surface area contributed by atoms with Crippen LogP contribution in [-0.4, -0.2) is 15.0 Å². The number of hydrogen-bond acceptors (Lipinski definition) is 3. The molecule has 2 aromatic carbocycles. The smallest absolute Gasteiger partial charge is 0.208 e. The molecular formula is C23H22ClN3. The molecule has 0 radical (unpaired) electrons. The molecule has 0 fully saturated rings. The van der Waals surface area contributed by atoms with E-state index in [2.05, 4.69) is 46.4 Å². The number of halogens is 1. The van der Waals surface area contributed by atoms with Gasteiger partial charge in [0.25, 0.3) is 0 Å². The molecule has 0 unspecified atom stereocenters. The minimum absolute atomic E-state index is 0.255. The van der Waals surface area contributed by atoms with E-state index in [1.54, 1.807) is 0 Å². The highest BCUT2D eigenvalue weighted by Crippen LogP contribution is 2.29. The van der Waals surface area contributed by atoms with Crippen molar-refractivity contribution < 1.29 is 0 Å². The quantitative estimate of drug-likeness (QED) is 0.583. The van der Waals surface area contributed by atoms with Gasteiger partial charge in [0.1, 0.15) is 0 Å². The third-order valence-corrected chi connectivity index (χ3v) is 5.99. The van der Waals surface area contributed by atoms with E-state index >= 15 is 0 Å². The Labute approximate surface area is 164 Å². The van der Waals surface area contributed by atoms with Crippen LogP contribution in [0.5, 0.6) is 0 Å². The standard InChI is InChI=1S/C23H22ClN3/c24-23-26-21(19-11-9-15-5-1-3-7-17(15)13-19)25-22(27-23)20-12-10-16-6-2-4-8-18(16)14-20/h9-14H,1-8H2. The molecule has 3 aromatic rings. The molecular weight excluding hydrogens is 354 g/mol. The monoisotopic (exact) mass is 375 g/mol. The van der Waals surface area contributed by atoms with E-state index in [0.717, 1.165) is 24.0 Å².